The van der Waals surface area contributed by atoms with Gasteiger partial charge in [0.15, 0.2) is 0 Å². The van der Waals surface area contributed by atoms with Crippen molar-refractivity contribution in [1.82, 2.24) is 9.88 Å². The fourth-order valence-electron chi connectivity index (χ4n) is 2.64. The summed E-state index contributed by atoms with van der Waals surface area (Å²) in [6.45, 7) is 4.76. The van der Waals surface area contributed by atoms with E-state index < -0.39 is 23.2 Å². The Kier molecular flexibility index (Phi) is 6.08. The first-order valence-corrected chi connectivity index (χ1v) is 8.39. The number of morpholine rings is 1. The lowest BCUT2D eigenvalue weighted by Gasteiger charge is -2.26. The van der Waals surface area contributed by atoms with E-state index in [2.05, 4.69) is 20.5 Å². The van der Waals surface area contributed by atoms with E-state index in [-0.39, 0.29) is 5.56 Å². The molecule has 0 saturated carbocycles. The molecule has 2 aromatic rings. The molecule has 1 aliphatic heterocycles. The average molecular weight is 362 g/mol. The smallest absolute Gasteiger partial charge is 0.256 e. The lowest BCUT2D eigenvalue weighted by molar-refractivity contribution is 0.0398. The molecule has 8 heteroatoms. The highest BCUT2D eigenvalue weighted by atomic mass is 19.1. The van der Waals surface area contributed by atoms with Crippen molar-refractivity contribution in [2.45, 2.75) is 0 Å². The minimum absolute atomic E-state index is 0.261. The topological polar surface area (TPSA) is 66.5 Å². The number of hydrogen-bond acceptors (Lipinski definition) is 5. The maximum absolute atomic E-state index is 13.7. The van der Waals surface area contributed by atoms with Gasteiger partial charge in [-0.25, -0.2) is 13.8 Å². The van der Waals surface area contributed by atoms with Crippen molar-refractivity contribution in [2.75, 3.05) is 50.0 Å². The van der Waals surface area contributed by atoms with Crippen molar-refractivity contribution in [3.63, 3.8) is 0 Å². The number of halogens is 2. The predicted molar refractivity (Wildman–Crippen MR) is 94.3 cm³/mol. The Morgan fingerprint density at radius 2 is 1.92 bits per heavy atom. The third-order valence-electron chi connectivity index (χ3n) is 4.06. The fraction of sp³-hybridized carbons (Fsp3) is 0.333. The first-order valence-electron chi connectivity index (χ1n) is 8.39. The summed E-state index contributed by atoms with van der Waals surface area (Å²) in [6.07, 6.45) is 1.48. The molecule has 0 unspecified atom stereocenters. The minimum Gasteiger partial charge on any atom is -0.379 e. The molecule has 1 fully saturated rings. The molecule has 2 N–H and O–H groups in total. The van der Waals surface area contributed by atoms with Gasteiger partial charge in [0.25, 0.3) is 5.91 Å². The predicted octanol–water partition coefficient (Wildman–Crippen LogP) is 2.36. The quantitative estimate of drug-likeness (QED) is 0.826. The fourth-order valence-corrected chi connectivity index (χ4v) is 2.64. The highest BCUT2D eigenvalue weighted by Crippen LogP contribution is 2.19. The molecule has 2 heterocycles. The van der Waals surface area contributed by atoms with Crippen LogP contribution in [0.3, 0.4) is 0 Å². The first kappa shape index (κ1) is 18.2. The highest BCUT2D eigenvalue weighted by molar-refractivity contribution is 6.04. The van der Waals surface area contributed by atoms with Crippen molar-refractivity contribution in [3.05, 3.63) is 53.7 Å². The first-order chi connectivity index (χ1) is 12.6. The van der Waals surface area contributed by atoms with Crippen molar-refractivity contribution in [1.29, 1.82) is 0 Å². The monoisotopic (exact) mass is 362 g/mol. The van der Waals surface area contributed by atoms with E-state index in [4.69, 9.17) is 4.74 Å². The Hall–Kier alpha value is -2.58. The molecule has 0 bridgehead atoms. The second-order valence-corrected chi connectivity index (χ2v) is 5.86. The van der Waals surface area contributed by atoms with Crippen LogP contribution >= 0.6 is 0 Å². The standard InChI is InChI=1S/C18H20F2N4O2/c19-14-2-1-3-15(20)17(14)23-18(25)13-4-5-21-16(12-13)22-6-7-24-8-10-26-11-9-24/h1-5,12H,6-11H2,(H,21,22)(H,23,25). The summed E-state index contributed by atoms with van der Waals surface area (Å²) in [6, 6.07) is 6.45. The SMILES string of the molecule is O=C(Nc1c(F)cccc1F)c1ccnc(NCCN2CCOCC2)c1. The van der Waals surface area contributed by atoms with Gasteiger partial charge in [0.1, 0.15) is 23.1 Å². The third-order valence-corrected chi connectivity index (χ3v) is 4.06. The summed E-state index contributed by atoms with van der Waals surface area (Å²) in [7, 11) is 0. The normalized spacial score (nSPS) is 14.8. The van der Waals surface area contributed by atoms with Crippen molar-refractivity contribution in [2.24, 2.45) is 0 Å². The van der Waals surface area contributed by atoms with Crippen LogP contribution < -0.4 is 10.6 Å². The van der Waals surface area contributed by atoms with Gasteiger partial charge in [0.05, 0.1) is 13.2 Å². The molecule has 6 nitrogen and oxygen atoms in total. The Bertz CT molecular complexity index is 746. The molecule has 0 radical (unpaired) electrons. The van der Waals surface area contributed by atoms with E-state index >= 15 is 0 Å². The lowest BCUT2D eigenvalue weighted by atomic mass is 10.2. The number of nitrogens with zero attached hydrogens (tertiary/aromatic N) is 2. The number of anilines is 2. The maximum atomic E-state index is 13.7. The molecule has 3 rings (SSSR count). The van der Waals surface area contributed by atoms with Crippen LogP contribution in [0.4, 0.5) is 20.3 Å². The molecule has 1 aliphatic rings. The number of amides is 1. The number of aromatic nitrogens is 1. The average Bonchev–Trinajstić information content (AvgIpc) is 2.66. The van der Waals surface area contributed by atoms with E-state index in [0.717, 1.165) is 45.0 Å². The number of carbonyl (C=O) groups excluding carboxylic acids is 1. The number of pyridine rings is 1. The number of para-hydroxylation sites is 1. The molecular formula is C18H20F2N4O2. The van der Waals surface area contributed by atoms with E-state index in [0.29, 0.717) is 12.4 Å². The van der Waals surface area contributed by atoms with Gasteiger partial charge in [-0.05, 0) is 24.3 Å². The Morgan fingerprint density at radius 1 is 1.19 bits per heavy atom. The van der Waals surface area contributed by atoms with Crippen LogP contribution in [0.25, 0.3) is 0 Å². The summed E-state index contributed by atoms with van der Waals surface area (Å²) in [5, 5.41) is 5.42. The summed E-state index contributed by atoms with van der Waals surface area (Å²) in [5.41, 5.74) is -0.201. The van der Waals surface area contributed by atoms with Gasteiger partial charge in [0, 0.05) is 37.9 Å². The Labute approximate surface area is 150 Å². The van der Waals surface area contributed by atoms with Gasteiger partial charge in [-0.1, -0.05) is 6.07 Å². The summed E-state index contributed by atoms with van der Waals surface area (Å²) in [4.78, 5) is 18.7. The second kappa shape index (κ2) is 8.68. The molecular weight excluding hydrogens is 342 g/mol. The van der Waals surface area contributed by atoms with Crippen LogP contribution in [0.2, 0.25) is 0 Å². The number of carbonyl (C=O) groups is 1. The molecule has 0 atom stereocenters. The van der Waals surface area contributed by atoms with Crippen molar-refractivity contribution < 1.29 is 18.3 Å². The molecule has 138 valence electrons. The molecule has 1 aromatic carbocycles. The van der Waals surface area contributed by atoms with Gasteiger partial charge >= 0.3 is 0 Å². The zero-order chi connectivity index (χ0) is 18.4. The second-order valence-electron chi connectivity index (χ2n) is 5.86. The summed E-state index contributed by atoms with van der Waals surface area (Å²) < 4.78 is 32.6. The van der Waals surface area contributed by atoms with E-state index in [9.17, 15) is 13.6 Å². The van der Waals surface area contributed by atoms with Crippen LogP contribution in [-0.4, -0.2) is 55.2 Å². The zero-order valence-corrected chi connectivity index (χ0v) is 14.2. The molecule has 1 aromatic heterocycles. The van der Waals surface area contributed by atoms with Crippen LogP contribution in [0.1, 0.15) is 10.4 Å². The van der Waals surface area contributed by atoms with Gasteiger partial charge in [0.2, 0.25) is 0 Å². The van der Waals surface area contributed by atoms with E-state index in [1.807, 2.05) is 0 Å². The summed E-state index contributed by atoms with van der Waals surface area (Å²) >= 11 is 0. The van der Waals surface area contributed by atoms with Crippen molar-refractivity contribution in [3.8, 4) is 0 Å². The minimum atomic E-state index is -0.823. The summed E-state index contributed by atoms with van der Waals surface area (Å²) in [5.74, 6) is -1.72. The van der Waals surface area contributed by atoms with Crippen molar-refractivity contribution >= 4 is 17.4 Å². The zero-order valence-electron chi connectivity index (χ0n) is 14.2. The lowest BCUT2D eigenvalue weighted by Crippen LogP contribution is -2.39. The Morgan fingerprint density at radius 3 is 2.65 bits per heavy atom. The third kappa shape index (κ3) is 4.74. The van der Waals surface area contributed by atoms with E-state index in [1.165, 1.54) is 18.3 Å². The molecule has 0 aliphatic carbocycles. The molecule has 1 saturated heterocycles. The number of ether oxygens (including phenoxy) is 1. The largest absolute Gasteiger partial charge is 0.379 e. The maximum Gasteiger partial charge on any atom is 0.256 e. The van der Waals surface area contributed by atoms with Crippen LogP contribution in [-0.2, 0) is 4.74 Å². The van der Waals surface area contributed by atoms with Gasteiger partial charge in [-0.3, -0.25) is 9.69 Å². The number of hydrogen-bond donors (Lipinski definition) is 2. The van der Waals surface area contributed by atoms with Gasteiger partial charge in [-0.15, -0.1) is 0 Å². The highest BCUT2D eigenvalue weighted by Gasteiger charge is 2.14. The van der Waals surface area contributed by atoms with Gasteiger partial charge < -0.3 is 15.4 Å². The molecule has 0 spiro atoms. The molecule has 1 amide bonds. The van der Waals surface area contributed by atoms with E-state index in [1.54, 1.807) is 6.07 Å². The number of rotatable bonds is 6. The van der Waals surface area contributed by atoms with Crippen LogP contribution in [0.5, 0.6) is 0 Å². The number of nitrogens with one attached hydrogen (secondary N) is 2. The number of benzene rings is 1. The van der Waals surface area contributed by atoms with Crippen LogP contribution in [0.15, 0.2) is 36.5 Å². The Balaban J connectivity index is 1.58. The van der Waals surface area contributed by atoms with Gasteiger partial charge in [-0.2, -0.15) is 0 Å². The van der Waals surface area contributed by atoms with Crippen LogP contribution in [0, 0.1) is 11.6 Å². The molecule has 26 heavy (non-hydrogen) atoms.